The molecule has 0 bridgehead atoms. The number of nitrogens with one attached hydrogen (secondary N) is 1. The first-order valence-corrected chi connectivity index (χ1v) is 6.30. The average molecular weight is 257 g/mol. The second kappa shape index (κ2) is 4.85. The monoisotopic (exact) mass is 257 g/mol. The first-order valence-electron chi connectivity index (χ1n) is 6.30. The maximum absolute atomic E-state index is 11.0. The lowest BCUT2D eigenvalue weighted by Crippen LogP contribution is -2.54. The molecule has 98 valence electrons. The smallest absolute Gasteiger partial charge is 0.322 e. The summed E-state index contributed by atoms with van der Waals surface area (Å²) in [5.41, 5.74) is 1.93. The molecule has 0 aliphatic carbocycles. The summed E-state index contributed by atoms with van der Waals surface area (Å²) in [5, 5.41) is 13.1. The van der Waals surface area contributed by atoms with Crippen LogP contribution < -0.4 is 10.2 Å². The van der Waals surface area contributed by atoms with Crippen LogP contribution in [0.4, 0.5) is 5.69 Å². The van der Waals surface area contributed by atoms with Gasteiger partial charge in [-0.15, -0.1) is 0 Å². The van der Waals surface area contributed by atoms with Gasteiger partial charge in [0.25, 0.3) is 0 Å². The molecule has 5 heteroatoms. The lowest BCUT2D eigenvalue weighted by atomic mass is 10.1. The van der Waals surface area contributed by atoms with Crippen molar-refractivity contribution in [1.29, 1.82) is 0 Å². The Hall–Kier alpha value is -2.14. The number of hydrogen-bond donors (Lipinski definition) is 2. The van der Waals surface area contributed by atoms with Crippen molar-refractivity contribution in [2.75, 3.05) is 24.5 Å². The summed E-state index contributed by atoms with van der Waals surface area (Å²) in [6, 6.07) is 9.47. The van der Waals surface area contributed by atoms with Gasteiger partial charge in [-0.25, -0.2) is 0 Å². The lowest BCUT2D eigenvalue weighted by molar-refractivity contribution is -0.139. The SMILES string of the molecule is O=C(O)C1CN(c2cnc3ccccc3c2)CCN1. The summed E-state index contributed by atoms with van der Waals surface area (Å²) in [6.45, 7) is 1.93. The first kappa shape index (κ1) is 11.9. The number of nitrogens with zero attached hydrogens (tertiary/aromatic N) is 2. The van der Waals surface area contributed by atoms with Crippen LogP contribution in [0.25, 0.3) is 10.9 Å². The number of anilines is 1. The number of carboxylic acid groups (broad SMARTS) is 1. The van der Waals surface area contributed by atoms with Gasteiger partial charge in [-0.05, 0) is 12.1 Å². The Bertz CT molecular complexity index is 614. The van der Waals surface area contributed by atoms with E-state index in [4.69, 9.17) is 5.11 Å². The summed E-state index contributed by atoms with van der Waals surface area (Å²) >= 11 is 0. The van der Waals surface area contributed by atoms with E-state index >= 15 is 0 Å². The van der Waals surface area contributed by atoms with E-state index in [9.17, 15) is 4.79 Å². The van der Waals surface area contributed by atoms with Crippen LogP contribution in [0.15, 0.2) is 36.5 Å². The van der Waals surface area contributed by atoms with Crippen molar-refractivity contribution in [3.63, 3.8) is 0 Å². The van der Waals surface area contributed by atoms with Gasteiger partial charge in [-0.1, -0.05) is 18.2 Å². The van der Waals surface area contributed by atoms with E-state index in [0.29, 0.717) is 13.1 Å². The molecule has 1 unspecified atom stereocenters. The molecule has 19 heavy (non-hydrogen) atoms. The Balaban J connectivity index is 1.89. The highest BCUT2D eigenvalue weighted by molar-refractivity contribution is 5.82. The zero-order chi connectivity index (χ0) is 13.2. The molecule has 2 N–H and O–H groups in total. The average Bonchev–Trinajstić information content (AvgIpc) is 2.47. The van der Waals surface area contributed by atoms with Gasteiger partial charge >= 0.3 is 5.97 Å². The van der Waals surface area contributed by atoms with E-state index < -0.39 is 12.0 Å². The number of piperazine rings is 1. The van der Waals surface area contributed by atoms with Crippen LogP contribution in [0.1, 0.15) is 0 Å². The summed E-state index contributed by atoms with van der Waals surface area (Å²) in [6.07, 6.45) is 1.81. The molecule has 0 amide bonds. The van der Waals surface area contributed by atoms with Gasteiger partial charge in [0, 0.05) is 25.0 Å². The van der Waals surface area contributed by atoms with Crippen molar-refractivity contribution in [3.8, 4) is 0 Å². The van der Waals surface area contributed by atoms with Crippen LogP contribution in [-0.2, 0) is 4.79 Å². The minimum atomic E-state index is -0.807. The molecule has 0 radical (unpaired) electrons. The van der Waals surface area contributed by atoms with Crippen molar-refractivity contribution < 1.29 is 9.90 Å². The molecule has 1 fully saturated rings. The van der Waals surface area contributed by atoms with Gasteiger partial charge in [0.1, 0.15) is 6.04 Å². The molecule has 1 aromatic heterocycles. The molecular weight excluding hydrogens is 242 g/mol. The molecule has 1 saturated heterocycles. The number of carboxylic acids is 1. The van der Waals surface area contributed by atoms with E-state index in [1.54, 1.807) is 0 Å². The normalized spacial score (nSPS) is 19.6. The Morgan fingerprint density at radius 1 is 1.42 bits per heavy atom. The van der Waals surface area contributed by atoms with Gasteiger partial charge in [-0.3, -0.25) is 9.78 Å². The fourth-order valence-electron chi connectivity index (χ4n) is 2.38. The van der Waals surface area contributed by atoms with Crippen molar-refractivity contribution >= 4 is 22.6 Å². The van der Waals surface area contributed by atoms with Gasteiger partial charge < -0.3 is 15.3 Å². The third-order valence-electron chi connectivity index (χ3n) is 3.41. The standard InChI is InChI=1S/C14H15N3O2/c18-14(19)13-9-17(6-5-15-13)11-7-10-3-1-2-4-12(10)16-8-11/h1-4,7-8,13,15H,5-6,9H2,(H,18,19). The molecular formula is C14H15N3O2. The third-order valence-corrected chi connectivity index (χ3v) is 3.41. The third kappa shape index (κ3) is 2.37. The minimum Gasteiger partial charge on any atom is -0.480 e. The Kier molecular flexibility index (Phi) is 3.05. The fraction of sp³-hybridized carbons (Fsp3) is 0.286. The molecule has 1 atom stereocenters. The van der Waals surface area contributed by atoms with Crippen molar-refractivity contribution in [2.45, 2.75) is 6.04 Å². The van der Waals surface area contributed by atoms with Crippen molar-refractivity contribution in [1.82, 2.24) is 10.3 Å². The van der Waals surface area contributed by atoms with E-state index in [0.717, 1.165) is 23.1 Å². The highest BCUT2D eigenvalue weighted by atomic mass is 16.4. The number of benzene rings is 1. The molecule has 1 aliphatic rings. The number of carbonyl (C=O) groups is 1. The molecule has 5 nitrogen and oxygen atoms in total. The molecule has 2 heterocycles. The topological polar surface area (TPSA) is 65.5 Å². The van der Waals surface area contributed by atoms with Gasteiger partial charge in [0.05, 0.1) is 17.4 Å². The van der Waals surface area contributed by atoms with Crippen molar-refractivity contribution in [3.05, 3.63) is 36.5 Å². The second-order valence-corrected chi connectivity index (χ2v) is 4.68. The summed E-state index contributed by atoms with van der Waals surface area (Å²) in [7, 11) is 0. The first-order chi connectivity index (χ1) is 9.24. The second-order valence-electron chi connectivity index (χ2n) is 4.68. The van der Waals surface area contributed by atoms with Crippen LogP contribution in [0.3, 0.4) is 0 Å². The molecule has 3 rings (SSSR count). The highest BCUT2D eigenvalue weighted by Crippen LogP contribution is 2.20. The van der Waals surface area contributed by atoms with E-state index in [2.05, 4.69) is 21.3 Å². The Morgan fingerprint density at radius 2 is 2.26 bits per heavy atom. The maximum Gasteiger partial charge on any atom is 0.322 e. The van der Waals surface area contributed by atoms with Crippen LogP contribution >= 0.6 is 0 Å². The summed E-state index contributed by atoms with van der Waals surface area (Å²) in [5.74, 6) is -0.807. The number of hydrogen-bond acceptors (Lipinski definition) is 4. The number of fused-ring (bicyclic) bond motifs is 1. The maximum atomic E-state index is 11.0. The Morgan fingerprint density at radius 3 is 3.11 bits per heavy atom. The minimum absolute atomic E-state index is 0.468. The summed E-state index contributed by atoms with van der Waals surface area (Å²) in [4.78, 5) is 17.5. The highest BCUT2D eigenvalue weighted by Gasteiger charge is 2.25. The zero-order valence-electron chi connectivity index (χ0n) is 10.4. The van der Waals surface area contributed by atoms with Crippen LogP contribution in [-0.4, -0.2) is 41.7 Å². The molecule has 0 spiro atoms. The van der Waals surface area contributed by atoms with Crippen LogP contribution in [0.5, 0.6) is 0 Å². The predicted molar refractivity (Wildman–Crippen MR) is 73.4 cm³/mol. The zero-order valence-corrected chi connectivity index (χ0v) is 10.4. The van der Waals surface area contributed by atoms with Crippen LogP contribution in [0.2, 0.25) is 0 Å². The van der Waals surface area contributed by atoms with Crippen LogP contribution in [0, 0.1) is 0 Å². The quantitative estimate of drug-likeness (QED) is 0.843. The van der Waals surface area contributed by atoms with E-state index in [-0.39, 0.29) is 0 Å². The van der Waals surface area contributed by atoms with Crippen molar-refractivity contribution in [2.24, 2.45) is 0 Å². The fourth-order valence-corrected chi connectivity index (χ4v) is 2.38. The molecule has 2 aromatic rings. The predicted octanol–water partition coefficient (Wildman–Crippen LogP) is 1.10. The number of aromatic nitrogens is 1. The van der Waals surface area contributed by atoms with E-state index in [1.165, 1.54) is 0 Å². The largest absolute Gasteiger partial charge is 0.480 e. The number of para-hydroxylation sites is 1. The summed E-state index contributed by atoms with van der Waals surface area (Å²) < 4.78 is 0. The van der Waals surface area contributed by atoms with Gasteiger partial charge in [0.2, 0.25) is 0 Å². The molecule has 1 aromatic carbocycles. The lowest BCUT2D eigenvalue weighted by Gasteiger charge is -2.33. The van der Waals surface area contributed by atoms with E-state index in [1.807, 2.05) is 30.5 Å². The number of rotatable bonds is 2. The van der Waals surface area contributed by atoms with Gasteiger partial charge in [-0.2, -0.15) is 0 Å². The number of aliphatic carboxylic acids is 1. The number of pyridine rings is 1. The molecule has 1 aliphatic heterocycles. The Labute approximate surface area is 110 Å². The molecule has 0 saturated carbocycles. The van der Waals surface area contributed by atoms with Gasteiger partial charge in [0.15, 0.2) is 0 Å².